The molecule has 1 fully saturated rings. The number of ketones is 1. The van der Waals surface area contributed by atoms with Gasteiger partial charge in [0.25, 0.3) is 11.7 Å². The summed E-state index contributed by atoms with van der Waals surface area (Å²) in [5.41, 5.74) is 1.48. The van der Waals surface area contributed by atoms with Crippen LogP contribution in [0.25, 0.3) is 5.76 Å². The molecule has 0 aromatic heterocycles. The van der Waals surface area contributed by atoms with Gasteiger partial charge in [0.2, 0.25) is 0 Å². The third kappa shape index (κ3) is 5.44. The molecule has 7 nitrogen and oxygen atoms in total. The SMILES string of the molecule is COc1cccc(C2/C(=C(\O)c3cc(Cl)c(OC)c(Cl)c3)C(=O)C(=O)N2Cc2ccc(OC(C)C)cc2)c1. The van der Waals surface area contributed by atoms with Crippen LogP contribution in [0.3, 0.4) is 0 Å². The fourth-order valence-electron chi connectivity index (χ4n) is 4.39. The van der Waals surface area contributed by atoms with Gasteiger partial charge in [-0.15, -0.1) is 0 Å². The molecule has 3 aromatic rings. The minimum absolute atomic E-state index is 0.0201. The Morgan fingerprint density at radius 3 is 2.18 bits per heavy atom. The van der Waals surface area contributed by atoms with E-state index >= 15 is 0 Å². The van der Waals surface area contributed by atoms with E-state index in [0.717, 1.165) is 5.56 Å². The smallest absolute Gasteiger partial charge is 0.295 e. The first-order chi connectivity index (χ1) is 18.1. The molecule has 1 amide bonds. The molecule has 9 heteroatoms. The lowest BCUT2D eigenvalue weighted by Gasteiger charge is -2.26. The number of amides is 1. The van der Waals surface area contributed by atoms with Crippen molar-refractivity contribution >= 4 is 40.7 Å². The van der Waals surface area contributed by atoms with E-state index in [1.165, 1.54) is 31.3 Å². The van der Waals surface area contributed by atoms with Gasteiger partial charge in [-0.3, -0.25) is 9.59 Å². The van der Waals surface area contributed by atoms with E-state index in [2.05, 4.69) is 0 Å². The number of nitrogens with zero attached hydrogens (tertiary/aromatic N) is 1. The number of likely N-dealkylation sites (tertiary alicyclic amines) is 1. The summed E-state index contributed by atoms with van der Waals surface area (Å²) < 4.78 is 16.3. The van der Waals surface area contributed by atoms with Crippen molar-refractivity contribution < 1.29 is 28.9 Å². The second kappa shape index (κ2) is 11.4. The maximum Gasteiger partial charge on any atom is 0.295 e. The van der Waals surface area contributed by atoms with Crippen LogP contribution in [0, 0.1) is 0 Å². The van der Waals surface area contributed by atoms with Gasteiger partial charge in [-0.2, -0.15) is 0 Å². The summed E-state index contributed by atoms with van der Waals surface area (Å²) in [7, 11) is 2.95. The zero-order valence-corrected chi connectivity index (χ0v) is 22.8. The van der Waals surface area contributed by atoms with Crippen molar-refractivity contribution in [2.75, 3.05) is 14.2 Å². The predicted octanol–water partition coefficient (Wildman–Crippen LogP) is 6.42. The lowest BCUT2D eigenvalue weighted by atomic mass is 9.95. The molecule has 3 aromatic carbocycles. The third-order valence-electron chi connectivity index (χ3n) is 6.07. The van der Waals surface area contributed by atoms with Crippen LogP contribution in [0.4, 0.5) is 0 Å². The summed E-state index contributed by atoms with van der Waals surface area (Å²) in [6.45, 7) is 3.99. The number of carbonyl (C=O) groups excluding carboxylic acids is 2. The van der Waals surface area contributed by atoms with Gasteiger partial charge in [0.1, 0.15) is 17.3 Å². The molecule has 0 aliphatic carbocycles. The van der Waals surface area contributed by atoms with Gasteiger partial charge in [0, 0.05) is 12.1 Å². The fourth-order valence-corrected chi connectivity index (χ4v) is 5.03. The molecule has 1 atom stereocenters. The summed E-state index contributed by atoms with van der Waals surface area (Å²) in [5.74, 6) is -0.488. The fraction of sp³-hybridized carbons (Fsp3) is 0.241. The van der Waals surface area contributed by atoms with Gasteiger partial charge in [0.15, 0.2) is 5.75 Å². The van der Waals surface area contributed by atoms with Gasteiger partial charge in [-0.25, -0.2) is 0 Å². The van der Waals surface area contributed by atoms with Gasteiger partial charge < -0.3 is 24.2 Å². The van der Waals surface area contributed by atoms with Crippen molar-refractivity contribution in [3.63, 3.8) is 0 Å². The first kappa shape index (κ1) is 27.4. The molecule has 1 saturated heterocycles. The first-order valence-corrected chi connectivity index (χ1v) is 12.6. The van der Waals surface area contributed by atoms with E-state index in [4.69, 9.17) is 37.4 Å². The predicted molar refractivity (Wildman–Crippen MR) is 146 cm³/mol. The molecule has 1 aliphatic rings. The highest BCUT2D eigenvalue weighted by Crippen LogP contribution is 2.43. The number of carbonyl (C=O) groups is 2. The van der Waals surface area contributed by atoms with Crippen molar-refractivity contribution in [3.05, 3.63) is 93.0 Å². The number of Topliss-reactive ketones (excluding diaryl/α,β-unsaturated/α-hetero) is 1. The molecular weight excluding hydrogens is 529 g/mol. The van der Waals surface area contributed by atoms with Crippen LogP contribution in [0.15, 0.2) is 66.2 Å². The minimum Gasteiger partial charge on any atom is -0.507 e. The van der Waals surface area contributed by atoms with Crippen LogP contribution in [0.2, 0.25) is 10.0 Å². The molecule has 1 unspecified atom stereocenters. The van der Waals surface area contributed by atoms with Gasteiger partial charge in [-0.05, 0) is 61.4 Å². The number of rotatable bonds is 8. The number of halogens is 2. The van der Waals surface area contributed by atoms with Crippen molar-refractivity contribution in [2.45, 2.75) is 32.5 Å². The summed E-state index contributed by atoms with van der Waals surface area (Å²) in [4.78, 5) is 28.1. The number of ether oxygens (including phenoxy) is 3. The first-order valence-electron chi connectivity index (χ1n) is 11.9. The summed E-state index contributed by atoms with van der Waals surface area (Å²) in [6, 6.07) is 16.3. The molecule has 1 N–H and O–H groups in total. The average molecular weight is 556 g/mol. The van der Waals surface area contributed by atoms with Crippen molar-refractivity contribution in [1.29, 1.82) is 0 Å². The van der Waals surface area contributed by atoms with E-state index in [1.807, 2.05) is 38.1 Å². The Bertz CT molecular complexity index is 1380. The third-order valence-corrected chi connectivity index (χ3v) is 6.63. The van der Waals surface area contributed by atoms with E-state index in [0.29, 0.717) is 17.1 Å². The van der Waals surface area contributed by atoms with Crippen LogP contribution in [0.1, 0.15) is 36.6 Å². The van der Waals surface area contributed by atoms with E-state index < -0.39 is 23.5 Å². The zero-order valence-electron chi connectivity index (χ0n) is 21.3. The lowest BCUT2D eigenvalue weighted by molar-refractivity contribution is -0.140. The van der Waals surface area contributed by atoms with Gasteiger partial charge >= 0.3 is 0 Å². The zero-order chi connectivity index (χ0) is 27.6. The van der Waals surface area contributed by atoms with E-state index in [-0.39, 0.29) is 39.6 Å². The maximum atomic E-state index is 13.4. The van der Waals surface area contributed by atoms with Crippen LogP contribution in [0.5, 0.6) is 17.2 Å². The minimum atomic E-state index is -0.892. The summed E-state index contributed by atoms with van der Waals surface area (Å²) in [6.07, 6.45) is 0.0201. The van der Waals surface area contributed by atoms with E-state index in [9.17, 15) is 14.7 Å². The van der Waals surface area contributed by atoms with Crippen LogP contribution in [-0.4, -0.2) is 42.0 Å². The number of methoxy groups -OCH3 is 2. The highest BCUT2D eigenvalue weighted by Gasteiger charge is 2.46. The molecule has 4 rings (SSSR count). The quantitative estimate of drug-likeness (QED) is 0.196. The molecule has 1 heterocycles. The Kier molecular flexibility index (Phi) is 8.19. The van der Waals surface area contributed by atoms with Crippen molar-refractivity contribution in [3.8, 4) is 17.2 Å². The Labute approximate surface area is 231 Å². The van der Waals surface area contributed by atoms with Gasteiger partial charge in [0.05, 0.1) is 42.0 Å². The maximum absolute atomic E-state index is 13.4. The number of benzene rings is 3. The topological polar surface area (TPSA) is 85.3 Å². The number of aliphatic hydroxyl groups is 1. The molecule has 0 spiro atoms. The van der Waals surface area contributed by atoms with Crippen LogP contribution >= 0.6 is 23.2 Å². The molecule has 38 heavy (non-hydrogen) atoms. The van der Waals surface area contributed by atoms with Crippen LogP contribution < -0.4 is 14.2 Å². The Morgan fingerprint density at radius 1 is 0.947 bits per heavy atom. The van der Waals surface area contributed by atoms with Crippen molar-refractivity contribution in [2.24, 2.45) is 0 Å². The van der Waals surface area contributed by atoms with E-state index in [1.54, 1.807) is 24.3 Å². The second-order valence-corrected chi connectivity index (χ2v) is 9.80. The monoisotopic (exact) mass is 555 g/mol. The normalized spacial score (nSPS) is 16.7. The van der Waals surface area contributed by atoms with Gasteiger partial charge in [-0.1, -0.05) is 47.5 Å². The average Bonchev–Trinajstić information content (AvgIpc) is 3.13. The molecule has 0 saturated carbocycles. The number of aliphatic hydroxyl groups excluding tert-OH is 1. The Balaban J connectivity index is 1.82. The molecule has 198 valence electrons. The highest BCUT2D eigenvalue weighted by atomic mass is 35.5. The van der Waals surface area contributed by atoms with Crippen LogP contribution in [-0.2, 0) is 16.1 Å². The highest BCUT2D eigenvalue weighted by molar-refractivity contribution is 6.46. The number of hydrogen-bond acceptors (Lipinski definition) is 6. The number of hydrogen-bond donors (Lipinski definition) is 1. The molecular formula is C29H27Cl2NO6. The summed E-state index contributed by atoms with van der Waals surface area (Å²) in [5, 5.41) is 11.7. The largest absolute Gasteiger partial charge is 0.507 e. The lowest BCUT2D eigenvalue weighted by Crippen LogP contribution is -2.29. The molecule has 1 aliphatic heterocycles. The van der Waals surface area contributed by atoms with Crippen molar-refractivity contribution in [1.82, 2.24) is 4.90 Å². The Hall–Kier alpha value is -3.68. The summed E-state index contributed by atoms with van der Waals surface area (Å²) >= 11 is 12.6. The second-order valence-electron chi connectivity index (χ2n) is 8.99. The Morgan fingerprint density at radius 2 is 1.61 bits per heavy atom. The molecule has 0 radical (unpaired) electrons. The molecule has 0 bridgehead atoms. The standard InChI is InChI=1S/C29H27Cl2NO6/c1-16(2)38-20-10-8-17(9-11-20)15-32-25(18-6-5-7-21(12-18)36-3)24(27(34)29(32)35)26(33)19-13-22(30)28(37-4)23(31)14-19/h5-14,16,25,33H,15H2,1-4H3/b26-24+.